The molecule has 110 valence electrons. The highest BCUT2D eigenvalue weighted by molar-refractivity contribution is 5.72. The summed E-state index contributed by atoms with van der Waals surface area (Å²) in [7, 11) is 0. The van der Waals surface area contributed by atoms with Crippen molar-refractivity contribution in [2.75, 3.05) is 19.6 Å². The highest BCUT2D eigenvalue weighted by atomic mass is 16.6. The molecule has 0 spiro atoms. The molecule has 2 aliphatic rings. The van der Waals surface area contributed by atoms with Gasteiger partial charge in [0.1, 0.15) is 5.60 Å². The maximum absolute atomic E-state index is 11.8. The third-order valence-electron chi connectivity index (χ3n) is 4.28. The van der Waals surface area contributed by atoms with Crippen molar-refractivity contribution in [2.24, 2.45) is 5.92 Å². The Hall–Kier alpha value is -0.610. The van der Waals surface area contributed by atoms with Crippen LogP contribution in [-0.4, -0.2) is 46.8 Å². The summed E-state index contributed by atoms with van der Waals surface area (Å²) in [5.74, 6) is 0.172. The topological polar surface area (TPSA) is 49.8 Å². The fourth-order valence-corrected chi connectivity index (χ4v) is 3.34. The predicted octanol–water partition coefficient (Wildman–Crippen LogP) is 1.96. The molecule has 2 atom stereocenters. The van der Waals surface area contributed by atoms with Gasteiger partial charge < -0.3 is 9.84 Å². The molecule has 1 heterocycles. The Morgan fingerprint density at radius 3 is 2.79 bits per heavy atom. The molecule has 0 bridgehead atoms. The number of nitrogens with zero attached hydrogens (tertiary/aromatic N) is 1. The van der Waals surface area contributed by atoms with Crippen LogP contribution in [0.25, 0.3) is 0 Å². The van der Waals surface area contributed by atoms with Crippen LogP contribution < -0.4 is 0 Å². The van der Waals surface area contributed by atoms with E-state index >= 15 is 0 Å². The highest BCUT2D eigenvalue weighted by Crippen LogP contribution is 2.39. The molecule has 1 N–H and O–H groups in total. The third-order valence-corrected chi connectivity index (χ3v) is 4.28. The number of aliphatic hydroxyl groups is 1. The number of hydrogen-bond donors (Lipinski definition) is 1. The lowest BCUT2D eigenvalue weighted by Gasteiger charge is -2.47. The largest absolute Gasteiger partial charge is 0.459 e. The van der Waals surface area contributed by atoms with E-state index < -0.39 is 11.2 Å². The minimum atomic E-state index is -0.470. The van der Waals surface area contributed by atoms with Crippen molar-refractivity contribution < 1.29 is 14.6 Å². The van der Waals surface area contributed by atoms with Gasteiger partial charge in [0.25, 0.3) is 0 Å². The SMILES string of the molecule is CC(C)(C)OC(=O)CN1CCC2(O)CCCCC2C1. The van der Waals surface area contributed by atoms with E-state index in [4.69, 9.17) is 4.74 Å². The smallest absolute Gasteiger partial charge is 0.320 e. The lowest BCUT2D eigenvalue weighted by atomic mass is 9.71. The molecule has 1 saturated heterocycles. The molecule has 1 saturated carbocycles. The van der Waals surface area contributed by atoms with Gasteiger partial charge in [-0.2, -0.15) is 0 Å². The first-order valence-corrected chi connectivity index (χ1v) is 7.45. The molecule has 0 aromatic rings. The van der Waals surface area contributed by atoms with Crippen molar-refractivity contribution >= 4 is 5.97 Å². The van der Waals surface area contributed by atoms with Crippen LogP contribution in [0.15, 0.2) is 0 Å². The zero-order chi connectivity index (χ0) is 14.1. The quantitative estimate of drug-likeness (QED) is 0.779. The number of carbonyl (C=O) groups excluding carboxylic acids is 1. The molecule has 0 aromatic heterocycles. The third kappa shape index (κ3) is 3.93. The minimum Gasteiger partial charge on any atom is -0.459 e. The molecular weight excluding hydrogens is 242 g/mol. The average Bonchev–Trinajstić information content (AvgIpc) is 2.27. The number of likely N-dealkylation sites (tertiary alicyclic amines) is 1. The summed E-state index contributed by atoms with van der Waals surface area (Å²) in [6.45, 7) is 7.65. The van der Waals surface area contributed by atoms with Crippen LogP contribution in [0.1, 0.15) is 52.9 Å². The Balaban J connectivity index is 1.85. The Bertz CT molecular complexity index is 337. The van der Waals surface area contributed by atoms with Gasteiger partial charge in [0.2, 0.25) is 0 Å². The summed E-state index contributed by atoms with van der Waals surface area (Å²) in [6, 6.07) is 0. The highest BCUT2D eigenvalue weighted by Gasteiger charge is 2.43. The van der Waals surface area contributed by atoms with Gasteiger partial charge in [-0.15, -0.1) is 0 Å². The molecule has 19 heavy (non-hydrogen) atoms. The zero-order valence-electron chi connectivity index (χ0n) is 12.4. The molecule has 4 heteroatoms. The molecule has 0 aromatic carbocycles. The Kier molecular flexibility index (Phi) is 4.21. The van der Waals surface area contributed by atoms with Crippen LogP contribution in [0.3, 0.4) is 0 Å². The molecule has 2 fully saturated rings. The number of fused-ring (bicyclic) bond motifs is 1. The van der Waals surface area contributed by atoms with E-state index in [2.05, 4.69) is 4.90 Å². The van der Waals surface area contributed by atoms with Crippen molar-refractivity contribution in [3.05, 3.63) is 0 Å². The van der Waals surface area contributed by atoms with E-state index in [0.717, 1.165) is 38.8 Å². The molecule has 0 radical (unpaired) electrons. The van der Waals surface area contributed by atoms with Crippen molar-refractivity contribution in [3.8, 4) is 0 Å². The normalized spacial score (nSPS) is 32.7. The molecule has 2 unspecified atom stereocenters. The molecule has 0 amide bonds. The van der Waals surface area contributed by atoms with E-state index in [9.17, 15) is 9.90 Å². The van der Waals surface area contributed by atoms with Crippen molar-refractivity contribution in [1.82, 2.24) is 4.90 Å². The second-order valence-electron chi connectivity index (χ2n) is 7.12. The van der Waals surface area contributed by atoms with Crippen molar-refractivity contribution in [1.29, 1.82) is 0 Å². The number of rotatable bonds is 2. The van der Waals surface area contributed by atoms with E-state index in [1.165, 1.54) is 6.42 Å². The molecule has 1 aliphatic heterocycles. The number of hydrogen-bond acceptors (Lipinski definition) is 4. The van der Waals surface area contributed by atoms with Gasteiger partial charge in [-0.05, 0) is 40.0 Å². The second-order valence-corrected chi connectivity index (χ2v) is 7.12. The molecule has 4 nitrogen and oxygen atoms in total. The predicted molar refractivity (Wildman–Crippen MR) is 73.8 cm³/mol. The van der Waals surface area contributed by atoms with Gasteiger partial charge in [-0.25, -0.2) is 0 Å². The summed E-state index contributed by atoms with van der Waals surface area (Å²) in [4.78, 5) is 14.0. The minimum absolute atomic E-state index is 0.159. The van der Waals surface area contributed by atoms with Gasteiger partial charge >= 0.3 is 5.97 Å². The summed E-state index contributed by atoms with van der Waals surface area (Å²) in [5, 5.41) is 10.6. The first kappa shape index (κ1) is 14.8. The van der Waals surface area contributed by atoms with E-state index in [0.29, 0.717) is 12.5 Å². The van der Waals surface area contributed by atoms with Crippen LogP contribution in [0, 0.1) is 5.92 Å². The fourth-order valence-electron chi connectivity index (χ4n) is 3.34. The number of esters is 1. The van der Waals surface area contributed by atoms with Crippen LogP contribution in [-0.2, 0) is 9.53 Å². The maximum Gasteiger partial charge on any atom is 0.320 e. The van der Waals surface area contributed by atoms with Gasteiger partial charge in [-0.3, -0.25) is 9.69 Å². The van der Waals surface area contributed by atoms with Gasteiger partial charge in [-0.1, -0.05) is 12.8 Å². The Labute approximate surface area is 116 Å². The van der Waals surface area contributed by atoms with Gasteiger partial charge in [0.05, 0.1) is 12.1 Å². The standard InChI is InChI=1S/C15H27NO3/c1-14(2,3)19-13(17)11-16-9-8-15(18)7-5-4-6-12(15)10-16/h12,18H,4-11H2,1-3H3. The lowest BCUT2D eigenvalue weighted by Crippen LogP contribution is -2.54. The van der Waals surface area contributed by atoms with Crippen LogP contribution in [0.4, 0.5) is 0 Å². The molecule has 1 aliphatic carbocycles. The second kappa shape index (κ2) is 5.41. The summed E-state index contributed by atoms with van der Waals surface area (Å²) >= 11 is 0. The zero-order valence-corrected chi connectivity index (χ0v) is 12.4. The first-order chi connectivity index (χ1) is 8.78. The van der Waals surface area contributed by atoms with E-state index in [1.807, 2.05) is 20.8 Å². The molecular formula is C15H27NO3. The number of ether oxygens (including phenoxy) is 1. The maximum atomic E-state index is 11.8. The van der Waals surface area contributed by atoms with Crippen molar-refractivity contribution in [3.63, 3.8) is 0 Å². The van der Waals surface area contributed by atoms with E-state index in [-0.39, 0.29) is 5.97 Å². The first-order valence-electron chi connectivity index (χ1n) is 7.45. The Morgan fingerprint density at radius 1 is 1.37 bits per heavy atom. The van der Waals surface area contributed by atoms with Gasteiger partial charge in [0, 0.05) is 19.0 Å². The summed E-state index contributed by atoms with van der Waals surface area (Å²) in [5.41, 5.74) is -0.888. The molecule has 2 rings (SSSR count). The van der Waals surface area contributed by atoms with Crippen LogP contribution >= 0.6 is 0 Å². The number of piperidine rings is 1. The van der Waals surface area contributed by atoms with Crippen LogP contribution in [0.2, 0.25) is 0 Å². The lowest BCUT2D eigenvalue weighted by molar-refractivity contribution is -0.159. The number of carbonyl (C=O) groups is 1. The van der Waals surface area contributed by atoms with Gasteiger partial charge in [0.15, 0.2) is 0 Å². The average molecular weight is 269 g/mol. The monoisotopic (exact) mass is 269 g/mol. The van der Waals surface area contributed by atoms with Crippen LogP contribution in [0.5, 0.6) is 0 Å². The van der Waals surface area contributed by atoms with E-state index in [1.54, 1.807) is 0 Å². The fraction of sp³-hybridized carbons (Fsp3) is 0.933. The van der Waals surface area contributed by atoms with Crippen molar-refractivity contribution in [2.45, 2.75) is 64.1 Å². The summed E-state index contributed by atoms with van der Waals surface area (Å²) < 4.78 is 5.36. The summed E-state index contributed by atoms with van der Waals surface area (Å²) in [6.07, 6.45) is 5.14. The Morgan fingerprint density at radius 2 is 2.11 bits per heavy atom.